The Labute approximate surface area is 104 Å². The largest absolute Gasteiger partial charge is 0.339 e. The van der Waals surface area contributed by atoms with Crippen molar-refractivity contribution in [3.63, 3.8) is 0 Å². The Morgan fingerprint density at radius 1 is 1.47 bits per heavy atom. The Kier molecular flexibility index (Phi) is 3.00. The van der Waals surface area contributed by atoms with Crippen molar-refractivity contribution in [2.75, 3.05) is 7.05 Å². The van der Waals surface area contributed by atoms with Gasteiger partial charge in [0.25, 0.3) is 5.91 Å². The molecule has 1 fully saturated rings. The zero-order valence-corrected chi connectivity index (χ0v) is 11.1. The quantitative estimate of drug-likeness (QED) is 0.769. The number of aryl methyl sites for hydroxylation is 1. The van der Waals surface area contributed by atoms with Gasteiger partial charge in [-0.15, -0.1) is 0 Å². The molecule has 0 saturated heterocycles. The Bertz CT molecular complexity index is 399. The second kappa shape index (κ2) is 4.12. The molecule has 80 valence electrons. The van der Waals surface area contributed by atoms with E-state index in [1.807, 2.05) is 30.1 Å². The fourth-order valence-electron chi connectivity index (χ4n) is 1.56. The zero-order chi connectivity index (χ0) is 11.0. The smallest absolute Gasteiger partial charge is 0.253 e. The van der Waals surface area contributed by atoms with Crippen LogP contribution in [-0.2, 0) is 0 Å². The molecule has 2 nitrogen and oxygen atoms in total. The lowest BCUT2D eigenvalue weighted by Gasteiger charge is -2.16. The van der Waals surface area contributed by atoms with E-state index < -0.39 is 0 Å². The Hall–Kier alpha value is -0.580. The lowest BCUT2D eigenvalue weighted by atomic mass is 10.1. The topological polar surface area (TPSA) is 20.3 Å². The summed E-state index contributed by atoms with van der Waals surface area (Å²) in [7, 11) is 1.90. The molecule has 1 aromatic rings. The summed E-state index contributed by atoms with van der Waals surface area (Å²) in [5, 5.41) is 0. The third kappa shape index (κ3) is 2.33. The summed E-state index contributed by atoms with van der Waals surface area (Å²) in [5.74, 6) is 0.149. The maximum Gasteiger partial charge on any atom is 0.253 e. The van der Waals surface area contributed by atoms with Gasteiger partial charge in [-0.3, -0.25) is 4.79 Å². The minimum atomic E-state index is 0.149. The average molecular weight is 315 g/mol. The highest BCUT2D eigenvalue weighted by Gasteiger charge is 2.30. The minimum absolute atomic E-state index is 0.149. The number of benzene rings is 1. The number of hydrogen-bond acceptors (Lipinski definition) is 1. The van der Waals surface area contributed by atoms with Gasteiger partial charge in [-0.05, 0) is 60.1 Å². The van der Waals surface area contributed by atoms with Gasteiger partial charge in [0, 0.05) is 22.2 Å². The molecule has 0 bridgehead atoms. The summed E-state index contributed by atoms with van der Waals surface area (Å²) >= 11 is 2.27. The van der Waals surface area contributed by atoms with Crippen LogP contribution in [0.5, 0.6) is 0 Å². The highest BCUT2D eigenvalue weighted by Crippen LogP contribution is 2.27. The Morgan fingerprint density at radius 2 is 2.13 bits per heavy atom. The SMILES string of the molecule is Cc1ccc(C(=O)N(C)C2CC2)cc1I. The van der Waals surface area contributed by atoms with Gasteiger partial charge in [0.05, 0.1) is 0 Å². The third-order valence-corrected chi connectivity index (χ3v) is 4.00. The number of amides is 1. The van der Waals surface area contributed by atoms with Gasteiger partial charge in [0.15, 0.2) is 0 Å². The number of halogens is 1. The van der Waals surface area contributed by atoms with E-state index in [9.17, 15) is 4.79 Å². The molecule has 1 saturated carbocycles. The molecule has 0 unspecified atom stereocenters. The summed E-state index contributed by atoms with van der Waals surface area (Å²) < 4.78 is 1.16. The van der Waals surface area contributed by atoms with Crippen molar-refractivity contribution in [3.05, 3.63) is 32.9 Å². The highest BCUT2D eigenvalue weighted by molar-refractivity contribution is 14.1. The molecular formula is C12H14INO. The monoisotopic (exact) mass is 315 g/mol. The molecule has 1 aromatic carbocycles. The van der Waals surface area contributed by atoms with Crippen molar-refractivity contribution in [1.29, 1.82) is 0 Å². The molecule has 0 N–H and O–H groups in total. The van der Waals surface area contributed by atoms with Gasteiger partial charge < -0.3 is 4.90 Å². The summed E-state index contributed by atoms with van der Waals surface area (Å²) in [6.07, 6.45) is 2.32. The summed E-state index contributed by atoms with van der Waals surface area (Å²) in [4.78, 5) is 13.9. The van der Waals surface area contributed by atoms with Crippen LogP contribution in [0.15, 0.2) is 18.2 Å². The molecular weight excluding hydrogens is 301 g/mol. The van der Waals surface area contributed by atoms with Gasteiger partial charge in [-0.25, -0.2) is 0 Å². The number of carbonyl (C=O) groups is 1. The molecule has 1 aliphatic rings. The average Bonchev–Trinajstić information content (AvgIpc) is 3.03. The lowest BCUT2D eigenvalue weighted by Crippen LogP contribution is -2.28. The Morgan fingerprint density at radius 3 is 2.67 bits per heavy atom. The van der Waals surface area contributed by atoms with Crippen molar-refractivity contribution in [2.45, 2.75) is 25.8 Å². The minimum Gasteiger partial charge on any atom is -0.339 e. The van der Waals surface area contributed by atoms with Crippen molar-refractivity contribution >= 4 is 28.5 Å². The zero-order valence-electron chi connectivity index (χ0n) is 8.96. The van der Waals surface area contributed by atoms with Crippen LogP contribution in [0.1, 0.15) is 28.8 Å². The molecule has 0 aromatic heterocycles. The van der Waals surface area contributed by atoms with Crippen LogP contribution in [-0.4, -0.2) is 23.9 Å². The first-order valence-corrected chi connectivity index (χ1v) is 6.21. The van der Waals surface area contributed by atoms with Gasteiger partial charge in [0.1, 0.15) is 0 Å². The van der Waals surface area contributed by atoms with E-state index >= 15 is 0 Å². The summed E-state index contributed by atoms with van der Waals surface area (Å²) in [6, 6.07) is 6.38. The predicted molar refractivity (Wildman–Crippen MR) is 69.0 cm³/mol. The van der Waals surface area contributed by atoms with Crippen molar-refractivity contribution < 1.29 is 4.79 Å². The second-order valence-electron chi connectivity index (χ2n) is 4.11. The molecule has 1 amide bonds. The van der Waals surface area contributed by atoms with Crippen LogP contribution in [0.4, 0.5) is 0 Å². The molecule has 1 aliphatic carbocycles. The van der Waals surface area contributed by atoms with E-state index in [0.29, 0.717) is 6.04 Å². The van der Waals surface area contributed by atoms with E-state index in [-0.39, 0.29) is 5.91 Å². The van der Waals surface area contributed by atoms with Crippen molar-refractivity contribution in [3.8, 4) is 0 Å². The van der Waals surface area contributed by atoms with E-state index in [4.69, 9.17) is 0 Å². The predicted octanol–water partition coefficient (Wildman–Crippen LogP) is 2.83. The molecule has 15 heavy (non-hydrogen) atoms. The standard InChI is InChI=1S/C12H14INO/c1-8-3-4-9(7-11(8)13)12(15)14(2)10-5-6-10/h3-4,7,10H,5-6H2,1-2H3. The van der Waals surface area contributed by atoms with Gasteiger partial charge in [-0.1, -0.05) is 6.07 Å². The molecule has 0 atom stereocenters. The molecule has 2 rings (SSSR count). The molecule has 0 spiro atoms. The Balaban J connectivity index is 2.21. The number of carbonyl (C=O) groups excluding carboxylic acids is 1. The van der Waals surface area contributed by atoms with Crippen LogP contribution in [0.25, 0.3) is 0 Å². The third-order valence-electron chi connectivity index (χ3n) is 2.83. The van der Waals surface area contributed by atoms with Crippen LogP contribution in [0, 0.1) is 10.5 Å². The highest BCUT2D eigenvalue weighted by atomic mass is 127. The first-order valence-electron chi connectivity index (χ1n) is 5.13. The van der Waals surface area contributed by atoms with Gasteiger partial charge >= 0.3 is 0 Å². The van der Waals surface area contributed by atoms with E-state index in [1.54, 1.807) is 0 Å². The van der Waals surface area contributed by atoms with Crippen LogP contribution >= 0.6 is 22.6 Å². The fourth-order valence-corrected chi connectivity index (χ4v) is 2.07. The second-order valence-corrected chi connectivity index (χ2v) is 5.27. The normalized spacial score (nSPS) is 15.1. The van der Waals surface area contributed by atoms with E-state index in [2.05, 4.69) is 29.5 Å². The van der Waals surface area contributed by atoms with E-state index in [1.165, 1.54) is 5.56 Å². The van der Waals surface area contributed by atoms with Gasteiger partial charge in [-0.2, -0.15) is 0 Å². The molecule has 0 radical (unpaired) electrons. The first-order chi connectivity index (χ1) is 7.09. The summed E-state index contributed by atoms with van der Waals surface area (Å²) in [6.45, 7) is 2.06. The van der Waals surface area contributed by atoms with Crippen molar-refractivity contribution in [2.24, 2.45) is 0 Å². The first kappa shape index (κ1) is 10.9. The lowest BCUT2D eigenvalue weighted by molar-refractivity contribution is 0.0785. The fraction of sp³-hybridized carbons (Fsp3) is 0.417. The van der Waals surface area contributed by atoms with Crippen molar-refractivity contribution in [1.82, 2.24) is 4.90 Å². The number of rotatable bonds is 2. The van der Waals surface area contributed by atoms with E-state index in [0.717, 1.165) is 22.0 Å². The van der Waals surface area contributed by atoms with Gasteiger partial charge in [0.2, 0.25) is 0 Å². The van der Waals surface area contributed by atoms with Crippen LogP contribution < -0.4 is 0 Å². The maximum atomic E-state index is 12.0. The summed E-state index contributed by atoms with van der Waals surface area (Å²) in [5.41, 5.74) is 2.03. The van der Waals surface area contributed by atoms with Crippen LogP contribution in [0.3, 0.4) is 0 Å². The maximum absolute atomic E-state index is 12.0. The number of nitrogens with zero attached hydrogens (tertiary/aromatic N) is 1. The molecule has 0 heterocycles. The molecule has 0 aliphatic heterocycles. The number of hydrogen-bond donors (Lipinski definition) is 0. The van der Waals surface area contributed by atoms with Crippen LogP contribution in [0.2, 0.25) is 0 Å². The molecule has 3 heteroatoms.